The number of rotatable bonds is 7. The van der Waals surface area contributed by atoms with Gasteiger partial charge in [-0.15, -0.1) is 11.3 Å². The van der Waals surface area contributed by atoms with E-state index in [0.717, 1.165) is 50.4 Å². The second-order valence-electron chi connectivity index (χ2n) is 7.46. The molecule has 0 unspecified atom stereocenters. The normalized spacial score (nSPS) is 15.0. The van der Waals surface area contributed by atoms with Crippen molar-refractivity contribution in [1.29, 1.82) is 0 Å². The fourth-order valence-electron chi connectivity index (χ4n) is 3.17. The zero-order valence-corrected chi connectivity index (χ0v) is 20.7. The first-order valence-corrected chi connectivity index (χ1v) is 13.7. The van der Waals surface area contributed by atoms with Crippen molar-refractivity contribution in [1.82, 2.24) is 4.98 Å². The Bertz CT molecular complexity index is 1370. The van der Waals surface area contributed by atoms with Gasteiger partial charge in [-0.3, -0.25) is 0 Å². The summed E-state index contributed by atoms with van der Waals surface area (Å²) in [5.41, 5.74) is 9.97. The molecule has 1 aliphatic rings. The highest BCUT2D eigenvalue weighted by Crippen LogP contribution is 2.40. The summed E-state index contributed by atoms with van der Waals surface area (Å²) in [6.07, 6.45) is 11.6. The molecule has 174 valence electrons. The first-order chi connectivity index (χ1) is 16.4. The molecule has 0 fully saturated rings. The van der Waals surface area contributed by atoms with Crippen molar-refractivity contribution in [2.24, 2.45) is 10.9 Å². The Morgan fingerprint density at radius 3 is 2.47 bits per heavy atom. The van der Waals surface area contributed by atoms with Gasteiger partial charge >= 0.3 is 0 Å². The fourth-order valence-corrected chi connectivity index (χ4v) is 5.67. The van der Waals surface area contributed by atoms with E-state index in [4.69, 9.17) is 15.9 Å². The van der Waals surface area contributed by atoms with Crippen LogP contribution in [0.15, 0.2) is 93.8 Å². The van der Waals surface area contributed by atoms with E-state index in [-0.39, 0.29) is 4.90 Å². The predicted molar refractivity (Wildman–Crippen MR) is 144 cm³/mol. The number of primary sulfonamides is 1. The maximum Gasteiger partial charge on any atom is 0.238 e. The van der Waals surface area contributed by atoms with E-state index < -0.39 is 10.0 Å². The Kier molecular flexibility index (Phi) is 7.69. The summed E-state index contributed by atoms with van der Waals surface area (Å²) in [5, 5.41) is 12.3. The Morgan fingerprint density at radius 2 is 1.74 bits per heavy atom. The van der Waals surface area contributed by atoms with Gasteiger partial charge in [0.2, 0.25) is 10.0 Å². The standard InChI is InChI=1S/C25H24N4O2S3/c26-22-11-6-12-23(28-19-13-15-21(16-14-19)34(27,30)31)33-24(22)25-29-20(17-32-25)10-5-4-9-18-7-2-1-3-8-18/h1-5,7-10,12-17,28H,6,11,26H2,(H2,27,30,31)/b9-4+,10-5+. The first-order valence-electron chi connectivity index (χ1n) is 10.5. The highest BCUT2D eigenvalue weighted by atomic mass is 32.2. The molecular formula is C25H24N4O2S3. The van der Waals surface area contributed by atoms with Crippen LogP contribution in [0, 0.1) is 0 Å². The quantitative estimate of drug-likeness (QED) is 0.357. The van der Waals surface area contributed by atoms with Crippen molar-refractivity contribution in [2.45, 2.75) is 17.7 Å². The van der Waals surface area contributed by atoms with Crippen molar-refractivity contribution in [3.63, 3.8) is 0 Å². The average Bonchev–Trinajstić information content (AvgIpc) is 3.21. The Labute approximate surface area is 207 Å². The molecule has 34 heavy (non-hydrogen) atoms. The van der Waals surface area contributed by atoms with Crippen molar-refractivity contribution >= 4 is 55.9 Å². The number of benzene rings is 2. The molecule has 6 nitrogen and oxygen atoms in total. The highest BCUT2D eigenvalue weighted by Gasteiger charge is 2.17. The third-order valence-electron chi connectivity index (χ3n) is 4.88. The smallest absolute Gasteiger partial charge is 0.238 e. The highest BCUT2D eigenvalue weighted by molar-refractivity contribution is 8.12. The van der Waals surface area contributed by atoms with Crippen LogP contribution in [0.3, 0.4) is 0 Å². The zero-order chi connectivity index (χ0) is 24.0. The molecule has 5 N–H and O–H groups in total. The van der Waals surface area contributed by atoms with Crippen LogP contribution < -0.4 is 16.2 Å². The molecule has 0 atom stereocenters. The van der Waals surface area contributed by atoms with E-state index in [2.05, 4.69) is 23.5 Å². The molecule has 0 amide bonds. The van der Waals surface area contributed by atoms with Crippen LogP contribution in [-0.4, -0.2) is 13.4 Å². The monoisotopic (exact) mass is 508 g/mol. The number of nitrogens with zero attached hydrogens (tertiary/aromatic N) is 1. The lowest BCUT2D eigenvalue weighted by Gasteiger charge is -2.12. The third-order valence-corrected chi connectivity index (χ3v) is 7.96. The van der Waals surface area contributed by atoms with E-state index in [9.17, 15) is 8.42 Å². The van der Waals surface area contributed by atoms with Crippen molar-refractivity contribution in [3.8, 4) is 0 Å². The maximum absolute atomic E-state index is 11.5. The number of allylic oxidation sites excluding steroid dienone is 4. The average molecular weight is 509 g/mol. The molecule has 0 saturated carbocycles. The van der Waals surface area contributed by atoms with Gasteiger partial charge in [0.25, 0.3) is 0 Å². The molecular weight excluding hydrogens is 485 g/mol. The number of sulfonamides is 1. The van der Waals surface area contributed by atoms with Crippen molar-refractivity contribution < 1.29 is 8.42 Å². The van der Waals surface area contributed by atoms with Gasteiger partial charge in [-0.05, 0) is 48.7 Å². The minimum absolute atomic E-state index is 0.0763. The van der Waals surface area contributed by atoms with Gasteiger partial charge in [-0.25, -0.2) is 18.5 Å². The van der Waals surface area contributed by atoms with E-state index >= 15 is 0 Å². The summed E-state index contributed by atoms with van der Waals surface area (Å²) in [6, 6.07) is 16.5. The number of hydrogen-bond acceptors (Lipinski definition) is 7. The maximum atomic E-state index is 11.5. The van der Waals surface area contributed by atoms with Gasteiger partial charge in [-0.1, -0.05) is 66.4 Å². The molecule has 0 aliphatic carbocycles. The van der Waals surface area contributed by atoms with Gasteiger partial charge < -0.3 is 11.1 Å². The lowest BCUT2D eigenvalue weighted by Crippen LogP contribution is -2.11. The molecule has 3 aromatic rings. The summed E-state index contributed by atoms with van der Waals surface area (Å²) >= 11 is 3.08. The number of thioether (sulfide) groups is 1. The molecule has 9 heteroatoms. The SMILES string of the molecule is NC1=C(c2nc(/C=C/C=C/c3ccccc3)cs2)SC(Nc2ccc(S(N)(=O)=O)cc2)=CCC1. The van der Waals surface area contributed by atoms with E-state index in [1.165, 1.54) is 23.9 Å². The van der Waals surface area contributed by atoms with Crippen LogP contribution >= 0.6 is 23.1 Å². The van der Waals surface area contributed by atoms with Gasteiger partial charge in [0.15, 0.2) is 0 Å². The molecule has 4 rings (SSSR count). The lowest BCUT2D eigenvalue weighted by molar-refractivity contribution is 0.598. The number of anilines is 1. The summed E-state index contributed by atoms with van der Waals surface area (Å²) in [4.78, 5) is 5.76. The minimum Gasteiger partial charge on any atom is -0.401 e. The van der Waals surface area contributed by atoms with E-state index in [1.54, 1.807) is 23.5 Å². The molecule has 0 radical (unpaired) electrons. The second kappa shape index (κ2) is 10.9. The topological polar surface area (TPSA) is 111 Å². The molecule has 1 aromatic heterocycles. The zero-order valence-electron chi connectivity index (χ0n) is 18.2. The van der Waals surface area contributed by atoms with Crippen molar-refractivity contribution in [2.75, 3.05) is 5.32 Å². The third kappa shape index (κ3) is 6.48. The molecule has 0 bridgehead atoms. The van der Waals surface area contributed by atoms with Crippen LogP contribution in [-0.2, 0) is 10.0 Å². The largest absolute Gasteiger partial charge is 0.401 e. The van der Waals surface area contributed by atoms with Crippen LogP contribution in [0.4, 0.5) is 5.69 Å². The molecule has 2 heterocycles. The van der Waals surface area contributed by atoms with Gasteiger partial charge in [0.1, 0.15) is 5.01 Å². The molecule has 0 saturated heterocycles. The molecule has 2 aromatic carbocycles. The number of nitrogens with two attached hydrogens (primary N) is 2. The summed E-state index contributed by atoms with van der Waals surface area (Å²) in [6.45, 7) is 0. The van der Waals surface area contributed by atoms with Gasteiger partial charge in [0, 0.05) is 16.8 Å². The fraction of sp³-hybridized carbons (Fsp3) is 0.0800. The minimum atomic E-state index is -3.72. The first kappa shape index (κ1) is 24.0. The van der Waals surface area contributed by atoms with Gasteiger partial charge in [0.05, 0.1) is 20.5 Å². The lowest BCUT2D eigenvalue weighted by atomic mass is 10.2. The van der Waals surface area contributed by atoms with Crippen molar-refractivity contribution in [3.05, 3.63) is 105 Å². The van der Waals surface area contributed by atoms with Crippen LogP contribution in [0.25, 0.3) is 17.1 Å². The Balaban J connectivity index is 1.44. The number of thiazole rings is 1. The summed E-state index contributed by atoms with van der Waals surface area (Å²) in [7, 11) is -3.72. The number of hydrogen-bond donors (Lipinski definition) is 3. The Morgan fingerprint density at radius 1 is 1.00 bits per heavy atom. The number of nitrogens with one attached hydrogen (secondary N) is 1. The van der Waals surface area contributed by atoms with E-state index in [1.807, 2.05) is 47.9 Å². The number of aromatic nitrogens is 1. The van der Waals surface area contributed by atoms with E-state index in [0.29, 0.717) is 0 Å². The summed E-state index contributed by atoms with van der Waals surface area (Å²) in [5.74, 6) is 0. The molecule has 0 spiro atoms. The van der Waals surface area contributed by atoms with Crippen LogP contribution in [0.2, 0.25) is 0 Å². The summed E-state index contributed by atoms with van der Waals surface area (Å²) < 4.78 is 22.9. The van der Waals surface area contributed by atoms with Gasteiger partial charge in [-0.2, -0.15) is 0 Å². The van der Waals surface area contributed by atoms with Crippen LogP contribution in [0.1, 0.15) is 29.1 Å². The predicted octanol–water partition coefficient (Wildman–Crippen LogP) is 5.62. The second-order valence-corrected chi connectivity index (χ2v) is 10.9. The molecule has 1 aliphatic heterocycles. The Hall–Kier alpha value is -3.11. The van der Waals surface area contributed by atoms with Crippen LogP contribution in [0.5, 0.6) is 0 Å².